The number of hydrogen-bond acceptors (Lipinski definition) is 2. The maximum Gasteiger partial charge on any atom is 0.300 e. The van der Waals surface area contributed by atoms with E-state index >= 15 is 0 Å². The van der Waals surface area contributed by atoms with Gasteiger partial charge in [-0.1, -0.05) is 0 Å². The fraction of sp³-hybridized carbons (Fsp3) is 0.100. The summed E-state index contributed by atoms with van der Waals surface area (Å²) in [7, 11) is 0. The molecule has 0 saturated carbocycles. The average Bonchev–Trinajstić information content (AvgIpc) is 2.21. The molecule has 0 spiro atoms. The molecule has 0 heterocycles. The van der Waals surface area contributed by atoms with Gasteiger partial charge in [0.15, 0.2) is 11.6 Å². The summed E-state index contributed by atoms with van der Waals surface area (Å²) in [5.41, 5.74) is -0.257. The van der Waals surface area contributed by atoms with Crippen LogP contribution in [0, 0.1) is 11.6 Å². The second-order valence-electron chi connectivity index (χ2n) is 2.86. The molecule has 0 unspecified atom stereocenters. The normalized spacial score (nSPS) is 11.9. The molecule has 0 atom stereocenters. The van der Waals surface area contributed by atoms with Crippen LogP contribution in [-0.4, -0.2) is 17.3 Å². The van der Waals surface area contributed by atoms with Gasteiger partial charge in [0.2, 0.25) is 5.78 Å². The highest BCUT2D eigenvalue weighted by atomic mass is 19.3. The molecule has 0 aromatic heterocycles. The first kappa shape index (κ1) is 12.2. The topological polar surface area (TPSA) is 37.3 Å². The summed E-state index contributed by atoms with van der Waals surface area (Å²) in [4.78, 5) is 10.5. The molecule has 0 bridgehead atoms. The highest BCUT2D eigenvalue weighted by Crippen LogP contribution is 2.15. The van der Waals surface area contributed by atoms with Crippen LogP contribution in [0.2, 0.25) is 0 Å². The van der Waals surface area contributed by atoms with Gasteiger partial charge in [-0.15, -0.1) is 0 Å². The third-order valence-corrected chi connectivity index (χ3v) is 1.71. The van der Waals surface area contributed by atoms with E-state index < -0.39 is 29.6 Å². The predicted molar refractivity (Wildman–Crippen MR) is 48.0 cm³/mol. The number of hydrogen-bond donors (Lipinski definition) is 1. The van der Waals surface area contributed by atoms with E-state index in [0.29, 0.717) is 12.1 Å². The molecule has 6 heteroatoms. The molecule has 1 aromatic carbocycles. The zero-order valence-corrected chi connectivity index (χ0v) is 7.75. The third kappa shape index (κ3) is 2.82. The SMILES string of the molecule is O=C(/C=C(\O)c1ccc(F)c(F)c1)C(F)F. The summed E-state index contributed by atoms with van der Waals surface area (Å²) in [5, 5.41) is 9.17. The molecular formula is C10H6F4O2. The summed E-state index contributed by atoms with van der Waals surface area (Å²) in [5.74, 6) is -4.84. The molecule has 0 aliphatic carbocycles. The van der Waals surface area contributed by atoms with E-state index in [9.17, 15) is 27.5 Å². The average molecular weight is 234 g/mol. The van der Waals surface area contributed by atoms with Crippen molar-refractivity contribution >= 4 is 11.5 Å². The van der Waals surface area contributed by atoms with Gasteiger partial charge in [0.05, 0.1) is 0 Å². The number of aliphatic hydroxyl groups is 1. The molecule has 0 radical (unpaired) electrons. The number of halogens is 4. The Labute approximate surface area is 87.8 Å². The Balaban J connectivity index is 3.01. The van der Waals surface area contributed by atoms with Crippen molar-refractivity contribution in [2.75, 3.05) is 0 Å². The van der Waals surface area contributed by atoms with E-state index in [0.717, 1.165) is 6.07 Å². The van der Waals surface area contributed by atoms with Crippen LogP contribution in [-0.2, 0) is 4.79 Å². The van der Waals surface area contributed by atoms with E-state index in [1.165, 1.54) is 0 Å². The number of carbonyl (C=O) groups excluding carboxylic acids is 1. The van der Waals surface area contributed by atoms with Crippen LogP contribution in [0.25, 0.3) is 5.76 Å². The molecule has 0 fully saturated rings. The minimum Gasteiger partial charge on any atom is -0.507 e. The van der Waals surface area contributed by atoms with Gasteiger partial charge in [0, 0.05) is 11.6 Å². The summed E-state index contributed by atoms with van der Waals surface area (Å²) in [6.45, 7) is 0. The van der Waals surface area contributed by atoms with Crippen LogP contribution >= 0.6 is 0 Å². The second-order valence-corrected chi connectivity index (χ2v) is 2.86. The van der Waals surface area contributed by atoms with Gasteiger partial charge in [0.25, 0.3) is 6.43 Å². The Kier molecular flexibility index (Phi) is 3.65. The van der Waals surface area contributed by atoms with Gasteiger partial charge < -0.3 is 5.11 Å². The lowest BCUT2D eigenvalue weighted by molar-refractivity contribution is -0.124. The van der Waals surface area contributed by atoms with Crippen LogP contribution in [0.15, 0.2) is 24.3 Å². The molecule has 0 aliphatic heterocycles. The first-order valence-electron chi connectivity index (χ1n) is 4.10. The minimum atomic E-state index is -3.26. The Bertz CT molecular complexity index is 440. The maximum atomic E-state index is 12.7. The molecule has 0 amide bonds. The second kappa shape index (κ2) is 4.78. The summed E-state index contributed by atoms with van der Waals surface area (Å²) < 4.78 is 48.8. The van der Waals surface area contributed by atoms with E-state index in [2.05, 4.69) is 0 Å². The highest BCUT2D eigenvalue weighted by Gasteiger charge is 2.14. The smallest absolute Gasteiger partial charge is 0.300 e. The largest absolute Gasteiger partial charge is 0.507 e. The fourth-order valence-electron chi connectivity index (χ4n) is 0.937. The lowest BCUT2D eigenvalue weighted by Gasteiger charge is -2.00. The maximum absolute atomic E-state index is 12.7. The Morgan fingerprint density at radius 1 is 1.25 bits per heavy atom. The molecule has 1 N–H and O–H groups in total. The first-order chi connectivity index (χ1) is 7.41. The lowest BCUT2D eigenvalue weighted by atomic mass is 10.1. The van der Waals surface area contributed by atoms with Gasteiger partial charge in [-0.2, -0.15) is 0 Å². The zero-order chi connectivity index (χ0) is 12.3. The van der Waals surface area contributed by atoms with E-state index in [4.69, 9.17) is 0 Å². The quantitative estimate of drug-likeness (QED) is 0.496. The first-order valence-corrected chi connectivity index (χ1v) is 4.10. The van der Waals surface area contributed by atoms with E-state index in [-0.39, 0.29) is 11.6 Å². The molecule has 2 nitrogen and oxygen atoms in total. The van der Waals surface area contributed by atoms with Crippen LogP contribution in [0.4, 0.5) is 17.6 Å². The molecule has 16 heavy (non-hydrogen) atoms. The summed E-state index contributed by atoms with van der Waals surface area (Å²) >= 11 is 0. The standard InChI is InChI=1S/C10H6F4O2/c11-6-2-1-5(3-7(6)12)8(15)4-9(16)10(13)14/h1-4,10,15H/b8-4-. The Morgan fingerprint density at radius 2 is 1.88 bits per heavy atom. The van der Waals surface area contributed by atoms with Crippen molar-refractivity contribution in [1.82, 2.24) is 0 Å². The summed E-state index contributed by atoms with van der Waals surface area (Å²) in [6.07, 6.45) is -3.00. The number of alkyl halides is 2. The minimum absolute atomic E-state index is 0.257. The molecule has 0 saturated heterocycles. The van der Waals surface area contributed by atoms with Crippen LogP contribution in [0.5, 0.6) is 0 Å². The number of aliphatic hydroxyl groups excluding tert-OH is 1. The van der Waals surface area contributed by atoms with Crippen molar-refractivity contribution in [3.05, 3.63) is 41.5 Å². The van der Waals surface area contributed by atoms with Crippen molar-refractivity contribution in [3.63, 3.8) is 0 Å². The van der Waals surface area contributed by atoms with Gasteiger partial charge in [0.1, 0.15) is 5.76 Å². The lowest BCUT2D eigenvalue weighted by Crippen LogP contribution is -2.06. The van der Waals surface area contributed by atoms with Crippen molar-refractivity contribution in [3.8, 4) is 0 Å². The Morgan fingerprint density at radius 3 is 2.38 bits per heavy atom. The number of benzene rings is 1. The van der Waals surface area contributed by atoms with Crippen molar-refractivity contribution in [2.45, 2.75) is 6.43 Å². The van der Waals surface area contributed by atoms with E-state index in [1.807, 2.05) is 0 Å². The predicted octanol–water partition coefficient (Wildman–Crippen LogP) is 2.70. The third-order valence-electron chi connectivity index (χ3n) is 1.71. The van der Waals surface area contributed by atoms with Crippen LogP contribution in [0.3, 0.4) is 0 Å². The van der Waals surface area contributed by atoms with Gasteiger partial charge >= 0.3 is 0 Å². The molecule has 86 valence electrons. The number of ketones is 1. The molecule has 1 aromatic rings. The number of rotatable bonds is 3. The summed E-state index contributed by atoms with van der Waals surface area (Å²) in [6, 6.07) is 2.27. The molecule has 1 rings (SSSR count). The van der Waals surface area contributed by atoms with Crippen molar-refractivity contribution in [2.24, 2.45) is 0 Å². The Hall–Kier alpha value is -1.85. The van der Waals surface area contributed by atoms with Crippen LogP contribution in [0.1, 0.15) is 5.56 Å². The monoisotopic (exact) mass is 234 g/mol. The van der Waals surface area contributed by atoms with Gasteiger partial charge in [-0.3, -0.25) is 4.79 Å². The number of carbonyl (C=O) groups is 1. The van der Waals surface area contributed by atoms with Crippen molar-refractivity contribution in [1.29, 1.82) is 0 Å². The number of allylic oxidation sites excluding steroid dienone is 1. The van der Waals surface area contributed by atoms with Crippen molar-refractivity contribution < 1.29 is 27.5 Å². The van der Waals surface area contributed by atoms with Crippen LogP contribution < -0.4 is 0 Å². The highest BCUT2D eigenvalue weighted by molar-refractivity contribution is 5.97. The van der Waals surface area contributed by atoms with E-state index in [1.54, 1.807) is 0 Å². The van der Waals surface area contributed by atoms with Gasteiger partial charge in [-0.25, -0.2) is 17.6 Å². The fourth-order valence-corrected chi connectivity index (χ4v) is 0.937. The molecule has 0 aliphatic rings. The van der Waals surface area contributed by atoms with Gasteiger partial charge in [-0.05, 0) is 18.2 Å². The zero-order valence-electron chi connectivity index (χ0n) is 7.75. The molecular weight excluding hydrogens is 228 g/mol.